The fourth-order valence-corrected chi connectivity index (χ4v) is 3.92. The molecule has 0 saturated heterocycles. The molecule has 0 radical (unpaired) electrons. The number of aromatic nitrogens is 4. The summed E-state index contributed by atoms with van der Waals surface area (Å²) in [7, 11) is 0. The van der Waals surface area contributed by atoms with Gasteiger partial charge in [0.05, 0.1) is 11.0 Å². The zero-order valence-corrected chi connectivity index (χ0v) is 19.4. The standard InChI is InChI=1S/C24H36N6O2/c1-3-25-15-9-5-11-17-29-22-21(27-19-13-7-8-14-20(19)28-22)23(31)30(24(29)32)18-12-6-10-16-26-4-2/h7-8,13-14,25-26H,3-6,9-12,15-18H2,1-2H3. The molecule has 0 aliphatic carbocycles. The molecule has 0 aliphatic rings. The Labute approximate surface area is 189 Å². The van der Waals surface area contributed by atoms with Crippen molar-refractivity contribution in [2.24, 2.45) is 0 Å². The molecule has 1 aromatic carbocycles. The van der Waals surface area contributed by atoms with Crippen molar-refractivity contribution >= 4 is 22.2 Å². The van der Waals surface area contributed by atoms with Crippen LogP contribution in [0.25, 0.3) is 22.2 Å². The van der Waals surface area contributed by atoms with Crippen LogP contribution < -0.4 is 21.9 Å². The normalized spacial score (nSPS) is 11.6. The molecule has 0 unspecified atom stereocenters. The molecule has 0 amide bonds. The van der Waals surface area contributed by atoms with Gasteiger partial charge in [0.2, 0.25) is 0 Å². The highest BCUT2D eigenvalue weighted by atomic mass is 16.2. The molecule has 2 heterocycles. The number of hydrogen-bond donors (Lipinski definition) is 2. The Hall–Kier alpha value is -2.58. The predicted octanol–water partition coefficient (Wildman–Crippen LogP) is 2.67. The van der Waals surface area contributed by atoms with E-state index in [4.69, 9.17) is 0 Å². The smallest absolute Gasteiger partial charge is 0.317 e. The van der Waals surface area contributed by atoms with Crippen molar-refractivity contribution in [2.45, 2.75) is 65.5 Å². The van der Waals surface area contributed by atoms with Crippen molar-refractivity contribution < 1.29 is 0 Å². The SMILES string of the molecule is CCNCCCCCn1c(=O)c2nc3ccccc3nc2n(CCCCCNCC)c1=O. The topological polar surface area (TPSA) is 93.8 Å². The van der Waals surface area contributed by atoms with Crippen molar-refractivity contribution in [3.8, 4) is 0 Å². The second-order valence-corrected chi connectivity index (χ2v) is 8.10. The first kappa shape index (κ1) is 24.1. The van der Waals surface area contributed by atoms with Crippen molar-refractivity contribution in [2.75, 3.05) is 26.2 Å². The maximum Gasteiger partial charge on any atom is 0.332 e. The van der Waals surface area contributed by atoms with Gasteiger partial charge < -0.3 is 10.6 Å². The molecule has 0 bridgehead atoms. The Kier molecular flexibility index (Phi) is 9.37. The van der Waals surface area contributed by atoms with E-state index in [0.29, 0.717) is 29.8 Å². The van der Waals surface area contributed by atoms with Gasteiger partial charge in [-0.15, -0.1) is 0 Å². The van der Waals surface area contributed by atoms with Gasteiger partial charge in [-0.3, -0.25) is 13.9 Å². The van der Waals surface area contributed by atoms with Gasteiger partial charge in [0.1, 0.15) is 0 Å². The minimum Gasteiger partial charge on any atom is -0.317 e. The van der Waals surface area contributed by atoms with Gasteiger partial charge in [0.25, 0.3) is 5.56 Å². The van der Waals surface area contributed by atoms with Crippen LogP contribution in [-0.2, 0) is 13.1 Å². The van der Waals surface area contributed by atoms with Crippen molar-refractivity contribution in [3.05, 3.63) is 45.1 Å². The van der Waals surface area contributed by atoms with Crippen molar-refractivity contribution in [1.82, 2.24) is 29.7 Å². The van der Waals surface area contributed by atoms with E-state index < -0.39 is 0 Å². The Morgan fingerprint density at radius 3 is 1.91 bits per heavy atom. The second kappa shape index (κ2) is 12.5. The number of nitrogens with zero attached hydrogens (tertiary/aromatic N) is 4. The highest BCUT2D eigenvalue weighted by Crippen LogP contribution is 2.13. The third-order valence-corrected chi connectivity index (χ3v) is 5.69. The maximum atomic E-state index is 13.3. The van der Waals surface area contributed by atoms with Gasteiger partial charge in [-0.05, 0) is 64.0 Å². The number of benzene rings is 1. The van der Waals surface area contributed by atoms with Gasteiger partial charge >= 0.3 is 5.69 Å². The molecule has 0 saturated carbocycles. The molecule has 0 aliphatic heterocycles. The highest BCUT2D eigenvalue weighted by Gasteiger charge is 2.16. The first-order valence-corrected chi connectivity index (χ1v) is 12.0. The summed E-state index contributed by atoms with van der Waals surface area (Å²) in [4.78, 5) is 35.8. The van der Waals surface area contributed by atoms with Crippen LogP contribution in [0.15, 0.2) is 33.9 Å². The predicted molar refractivity (Wildman–Crippen MR) is 130 cm³/mol. The Bertz CT molecular complexity index is 1120. The van der Waals surface area contributed by atoms with Crippen LogP contribution >= 0.6 is 0 Å². The van der Waals surface area contributed by atoms with E-state index in [2.05, 4.69) is 34.4 Å². The summed E-state index contributed by atoms with van der Waals surface area (Å²) in [5.41, 5.74) is 1.44. The van der Waals surface area contributed by atoms with E-state index in [1.54, 1.807) is 4.57 Å². The summed E-state index contributed by atoms with van der Waals surface area (Å²) in [6.07, 6.45) is 5.70. The summed E-state index contributed by atoms with van der Waals surface area (Å²) in [5.74, 6) is 0. The van der Waals surface area contributed by atoms with Crippen molar-refractivity contribution in [3.63, 3.8) is 0 Å². The van der Waals surface area contributed by atoms with Crippen LogP contribution in [0.5, 0.6) is 0 Å². The van der Waals surface area contributed by atoms with Crippen LogP contribution in [-0.4, -0.2) is 45.3 Å². The first-order valence-electron chi connectivity index (χ1n) is 12.0. The zero-order valence-electron chi connectivity index (χ0n) is 19.4. The average Bonchev–Trinajstić information content (AvgIpc) is 2.81. The fourth-order valence-electron chi connectivity index (χ4n) is 3.92. The largest absolute Gasteiger partial charge is 0.332 e. The van der Waals surface area contributed by atoms with Gasteiger partial charge in [0, 0.05) is 13.1 Å². The first-order chi connectivity index (χ1) is 15.7. The number of hydrogen-bond acceptors (Lipinski definition) is 6. The molecular formula is C24H36N6O2. The van der Waals surface area contributed by atoms with E-state index in [-0.39, 0.29) is 16.8 Å². The molecule has 0 fully saturated rings. The minimum absolute atomic E-state index is 0.273. The molecular weight excluding hydrogens is 404 g/mol. The van der Waals surface area contributed by atoms with E-state index in [0.717, 1.165) is 64.7 Å². The maximum absolute atomic E-state index is 13.3. The van der Waals surface area contributed by atoms with E-state index >= 15 is 0 Å². The Morgan fingerprint density at radius 2 is 1.31 bits per heavy atom. The summed E-state index contributed by atoms with van der Waals surface area (Å²) in [6.45, 7) is 8.98. The molecule has 2 N–H and O–H groups in total. The number of para-hydroxylation sites is 2. The number of aryl methyl sites for hydroxylation is 1. The molecule has 2 aromatic heterocycles. The summed E-state index contributed by atoms with van der Waals surface area (Å²) < 4.78 is 3.01. The van der Waals surface area contributed by atoms with E-state index in [1.165, 1.54) is 4.57 Å². The van der Waals surface area contributed by atoms with Gasteiger partial charge in [-0.25, -0.2) is 14.8 Å². The Morgan fingerprint density at radius 1 is 0.750 bits per heavy atom. The second-order valence-electron chi connectivity index (χ2n) is 8.10. The van der Waals surface area contributed by atoms with Gasteiger partial charge in [-0.1, -0.05) is 38.8 Å². The third-order valence-electron chi connectivity index (χ3n) is 5.69. The number of nitrogens with one attached hydrogen (secondary N) is 2. The average molecular weight is 441 g/mol. The van der Waals surface area contributed by atoms with Crippen LogP contribution in [0.1, 0.15) is 52.4 Å². The van der Waals surface area contributed by atoms with Crippen LogP contribution in [0.3, 0.4) is 0 Å². The summed E-state index contributed by atoms with van der Waals surface area (Å²) in [5, 5.41) is 6.63. The zero-order chi connectivity index (χ0) is 22.8. The molecule has 0 atom stereocenters. The van der Waals surface area contributed by atoms with Crippen LogP contribution in [0.2, 0.25) is 0 Å². The van der Waals surface area contributed by atoms with Gasteiger partial charge in [-0.2, -0.15) is 0 Å². The lowest BCUT2D eigenvalue weighted by Crippen LogP contribution is -2.41. The molecule has 3 aromatic rings. The molecule has 8 heteroatoms. The molecule has 8 nitrogen and oxygen atoms in total. The monoisotopic (exact) mass is 440 g/mol. The Balaban J connectivity index is 1.89. The molecule has 32 heavy (non-hydrogen) atoms. The number of unbranched alkanes of at least 4 members (excludes halogenated alkanes) is 4. The fraction of sp³-hybridized carbons (Fsp3) is 0.583. The van der Waals surface area contributed by atoms with E-state index in [9.17, 15) is 9.59 Å². The highest BCUT2D eigenvalue weighted by molar-refractivity contribution is 5.83. The van der Waals surface area contributed by atoms with Crippen LogP contribution in [0.4, 0.5) is 0 Å². The van der Waals surface area contributed by atoms with Crippen molar-refractivity contribution in [1.29, 1.82) is 0 Å². The molecule has 3 rings (SSSR count). The lowest BCUT2D eigenvalue weighted by Gasteiger charge is -2.14. The summed E-state index contributed by atoms with van der Waals surface area (Å²) >= 11 is 0. The van der Waals surface area contributed by atoms with E-state index in [1.807, 2.05) is 24.3 Å². The molecule has 174 valence electrons. The number of rotatable bonds is 14. The number of fused-ring (bicyclic) bond motifs is 2. The third kappa shape index (κ3) is 6.01. The minimum atomic E-state index is -0.335. The lowest BCUT2D eigenvalue weighted by molar-refractivity contribution is 0.502. The lowest BCUT2D eigenvalue weighted by atomic mass is 10.2. The van der Waals surface area contributed by atoms with Gasteiger partial charge in [0.15, 0.2) is 11.2 Å². The quantitative estimate of drug-likeness (QED) is 0.296. The molecule has 0 spiro atoms. The van der Waals surface area contributed by atoms with Crippen LogP contribution in [0, 0.1) is 0 Å². The summed E-state index contributed by atoms with van der Waals surface area (Å²) in [6, 6.07) is 7.48.